The van der Waals surface area contributed by atoms with E-state index in [0.29, 0.717) is 11.4 Å². The van der Waals surface area contributed by atoms with Gasteiger partial charge in [-0.3, -0.25) is 4.98 Å². The Balaban J connectivity index is 2.25. The Morgan fingerprint density at radius 3 is 2.94 bits per heavy atom. The van der Waals surface area contributed by atoms with E-state index < -0.39 is 5.60 Å². The third-order valence-electron chi connectivity index (χ3n) is 2.44. The Kier molecular flexibility index (Phi) is 3.28. The van der Waals surface area contributed by atoms with Crippen molar-refractivity contribution in [1.29, 1.82) is 0 Å². The molecule has 0 aliphatic carbocycles. The maximum atomic E-state index is 10.4. The first-order chi connectivity index (χ1) is 7.59. The fraction of sp³-hybridized carbons (Fsp3) is 0.250. The molecule has 2 aromatic rings. The van der Waals surface area contributed by atoms with E-state index in [4.69, 9.17) is 11.6 Å². The van der Waals surface area contributed by atoms with Gasteiger partial charge in [-0.15, -0.1) is 11.3 Å². The van der Waals surface area contributed by atoms with Crippen LogP contribution in [-0.2, 0) is 12.0 Å². The normalized spacial score (nSPS) is 14.7. The molecule has 0 aliphatic heterocycles. The van der Waals surface area contributed by atoms with E-state index >= 15 is 0 Å². The van der Waals surface area contributed by atoms with E-state index in [-0.39, 0.29) is 0 Å². The number of hydrogen-bond acceptors (Lipinski definition) is 3. The molecule has 4 heteroatoms. The number of rotatable bonds is 3. The monoisotopic (exact) mass is 253 g/mol. The zero-order valence-corrected chi connectivity index (χ0v) is 10.4. The summed E-state index contributed by atoms with van der Waals surface area (Å²) in [5, 5.41) is 12.9. The molecule has 1 atom stereocenters. The Morgan fingerprint density at radius 1 is 1.50 bits per heavy atom. The molecule has 1 unspecified atom stereocenters. The molecule has 84 valence electrons. The Bertz CT molecular complexity index is 468. The molecule has 2 heterocycles. The van der Waals surface area contributed by atoms with Gasteiger partial charge in [0, 0.05) is 23.7 Å². The van der Waals surface area contributed by atoms with Gasteiger partial charge in [-0.2, -0.15) is 0 Å². The van der Waals surface area contributed by atoms with Gasteiger partial charge < -0.3 is 5.11 Å². The second-order valence-electron chi connectivity index (χ2n) is 3.90. The lowest BCUT2D eigenvalue weighted by Crippen LogP contribution is -2.23. The minimum atomic E-state index is -0.876. The van der Waals surface area contributed by atoms with Crippen molar-refractivity contribution in [3.63, 3.8) is 0 Å². The molecule has 0 amide bonds. The summed E-state index contributed by atoms with van der Waals surface area (Å²) < 4.78 is 0. The zero-order valence-electron chi connectivity index (χ0n) is 8.85. The van der Waals surface area contributed by atoms with Crippen LogP contribution in [0.15, 0.2) is 36.0 Å². The second-order valence-corrected chi connectivity index (χ2v) is 5.25. The van der Waals surface area contributed by atoms with Crippen LogP contribution in [0.3, 0.4) is 0 Å². The van der Waals surface area contributed by atoms with Crippen LogP contribution >= 0.6 is 22.9 Å². The molecule has 0 saturated heterocycles. The molecule has 2 rings (SSSR count). The van der Waals surface area contributed by atoms with Crippen molar-refractivity contribution >= 4 is 22.9 Å². The average molecular weight is 254 g/mol. The third-order valence-corrected chi connectivity index (χ3v) is 3.91. The fourth-order valence-electron chi connectivity index (χ4n) is 1.59. The fourth-order valence-corrected chi connectivity index (χ4v) is 2.56. The number of hydrogen-bond donors (Lipinski definition) is 1. The van der Waals surface area contributed by atoms with Gasteiger partial charge in [-0.05, 0) is 30.0 Å². The van der Waals surface area contributed by atoms with Crippen LogP contribution in [0.5, 0.6) is 0 Å². The van der Waals surface area contributed by atoms with Crippen LogP contribution in [0.4, 0.5) is 0 Å². The van der Waals surface area contributed by atoms with Gasteiger partial charge >= 0.3 is 0 Å². The first-order valence-electron chi connectivity index (χ1n) is 4.94. The lowest BCUT2D eigenvalue weighted by atomic mass is 9.95. The van der Waals surface area contributed by atoms with Gasteiger partial charge in [0.25, 0.3) is 0 Å². The summed E-state index contributed by atoms with van der Waals surface area (Å²) in [4.78, 5) is 4.87. The summed E-state index contributed by atoms with van der Waals surface area (Å²) in [7, 11) is 0. The number of pyridine rings is 1. The van der Waals surface area contributed by atoms with Gasteiger partial charge in [0.05, 0.1) is 10.6 Å². The summed E-state index contributed by atoms with van der Waals surface area (Å²) >= 11 is 7.57. The van der Waals surface area contributed by atoms with Crippen LogP contribution in [0.1, 0.15) is 17.4 Å². The molecular weight excluding hydrogens is 242 g/mol. The molecule has 2 nitrogen and oxygen atoms in total. The van der Waals surface area contributed by atoms with Crippen molar-refractivity contribution in [2.75, 3.05) is 0 Å². The highest BCUT2D eigenvalue weighted by molar-refractivity contribution is 7.10. The van der Waals surface area contributed by atoms with E-state index in [9.17, 15) is 5.11 Å². The zero-order chi connectivity index (χ0) is 11.6. The molecule has 16 heavy (non-hydrogen) atoms. The molecule has 0 saturated carbocycles. The largest absolute Gasteiger partial charge is 0.384 e. The van der Waals surface area contributed by atoms with Crippen LogP contribution in [-0.4, -0.2) is 10.1 Å². The van der Waals surface area contributed by atoms with Crippen LogP contribution in [0, 0.1) is 0 Å². The average Bonchev–Trinajstić information content (AvgIpc) is 2.75. The minimum absolute atomic E-state index is 0.495. The highest BCUT2D eigenvalue weighted by Crippen LogP contribution is 2.30. The Labute approximate surface area is 104 Å². The van der Waals surface area contributed by atoms with E-state index in [0.717, 1.165) is 10.4 Å². The third kappa shape index (κ3) is 2.43. The quantitative estimate of drug-likeness (QED) is 0.911. The maximum absolute atomic E-state index is 10.4. The van der Waals surface area contributed by atoms with Crippen molar-refractivity contribution < 1.29 is 5.11 Å². The van der Waals surface area contributed by atoms with Gasteiger partial charge in [-0.1, -0.05) is 17.7 Å². The van der Waals surface area contributed by atoms with Crippen molar-refractivity contribution in [2.45, 2.75) is 18.9 Å². The predicted octanol–water partition coefficient (Wildman–Crippen LogP) is 3.25. The second kappa shape index (κ2) is 4.53. The van der Waals surface area contributed by atoms with E-state index in [1.165, 1.54) is 0 Å². The van der Waals surface area contributed by atoms with Gasteiger partial charge in [0.15, 0.2) is 0 Å². The summed E-state index contributed by atoms with van der Waals surface area (Å²) in [6, 6.07) is 5.70. The topological polar surface area (TPSA) is 33.1 Å². The molecule has 0 aliphatic rings. The highest BCUT2D eigenvalue weighted by atomic mass is 35.5. The predicted molar refractivity (Wildman–Crippen MR) is 66.8 cm³/mol. The molecule has 1 N–H and O–H groups in total. The standard InChI is InChI=1S/C12H12ClNOS/c1-12(15,11-3-2-6-16-11)7-9-4-5-14-8-10(9)13/h2-6,8,15H,7H2,1H3. The van der Waals surface area contributed by atoms with Crippen molar-refractivity contribution in [3.8, 4) is 0 Å². The van der Waals surface area contributed by atoms with Crippen LogP contribution in [0.25, 0.3) is 0 Å². The van der Waals surface area contributed by atoms with Crippen molar-refractivity contribution in [2.24, 2.45) is 0 Å². The Morgan fingerprint density at radius 2 is 2.31 bits per heavy atom. The molecule has 0 aromatic carbocycles. The first-order valence-corrected chi connectivity index (χ1v) is 6.20. The smallest absolute Gasteiger partial charge is 0.1000 e. The van der Waals surface area contributed by atoms with E-state index in [2.05, 4.69) is 4.98 Å². The molecule has 0 fully saturated rings. The number of aromatic nitrogens is 1. The maximum Gasteiger partial charge on any atom is 0.1000 e. The SMILES string of the molecule is CC(O)(Cc1ccncc1Cl)c1cccs1. The lowest BCUT2D eigenvalue weighted by Gasteiger charge is -2.22. The van der Waals surface area contributed by atoms with Gasteiger partial charge in [0.2, 0.25) is 0 Å². The van der Waals surface area contributed by atoms with Crippen molar-refractivity contribution in [1.82, 2.24) is 4.98 Å². The number of aliphatic hydroxyl groups is 1. The van der Waals surface area contributed by atoms with Crippen LogP contribution < -0.4 is 0 Å². The highest BCUT2D eigenvalue weighted by Gasteiger charge is 2.25. The number of thiophene rings is 1. The minimum Gasteiger partial charge on any atom is -0.384 e. The Hall–Kier alpha value is -0.900. The summed E-state index contributed by atoms with van der Waals surface area (Å²) in [5.41, 5.74) is 0.0363. The summed E-state index contributed by atoms with van der Waals surface area (Å²) in [5.74, 6) is 0. The molecule has 0 radical (unpaired) electrons. The number of halogens is 1. The molecular formula is C12H12ClNOS. The summed E-state index contributed by atoms with van der Waals surface area (Å²) in [6.07, 6.45) is 3.78. The van der Waals surface area contributed by atoms with E-state index in [1.807, 2.05) is 23.6 Å². The lowest BCUT2D eigenvalue weighted by molar-refractivity contribution is 0.0615. The van der Waals surface area contributed by atoms with Crippen LogP contribution in [0.2, 0.25) is 5.02 Å². The number of nitrogens with zero attached hydrogens (tertiary/aromatic N) is 1. The first kappa shape index (κ1) is 11.6. The van der Waals surface area contributed by atoms with Crippen molar-refractivity contribution in [3.05, 3.63) is 51.4 Å². The molecule has 0 bridgehead atoms. The van der Waals surface area contributed by atoms with E-state index in [1.54, 1.807) is 30.7 Å². The summed E-state index contributed by atoms with van der Waals surface area (Å²) in [6.45, 7) is 1.80. The van der Waals surface area contributed by atoms with Gasteiger partial charge in [-0.25, -0.2) is 0 Å². The van der Waals surface area contributed by atoms with Gasteiger partial charge in [0.1, 0.15) is 0 Å². The molecule has 0 spiro atoms. The molecule has 2 aromatic heterocycles.